The van der Waals surface area contributed by atoms with Gasteiger partial charge in [0.1, 0.15) is 6.10 Å². The number of epoxide rings is 1. The number of hydrogen-bond donors (Lipinski definition) is 0. The summed E-state index contributed by atoms with van der Waals surface area (Å²) in [6.07, 6.45) is 18.7. The Labute approximate surface area is 139 Å². The highest BCUT2D eigenvalue weighted by molar-refractivity contribution is 4.67. The van der Waals surface area contributed by atoms with Crippen LogP contribution in [0.25, 0.3) is 0 Å². The van der Waals surface area contributed by atoms with Crippen LogP contribution in [0, 0.1) is 5.92 Å². The maximum atomic E-state index is 5.55. The summed E-state index contributed by atoms with van der Waals surface area (Å²) in [6, 6.07) is 0. The van der Waals surface area contributed by atoms with E-state index in [0.717, 1.165) is 25.7 Å². The second-order valence-electron chi connectivity index (χ2n) is 7.25. The molecule has 1 saturated heterocycles. The average molecular weight is 313 g/mol. The van der Waals surface area contributed by atoms with Gasteiger partial charge in [-0.25, -0.2) is 0 Å². The van der Waals surface area contributed by atoms with Crippen molar-refractivity contribution in [3.8, 4) is 0 Å². The first-order chi connectivity index (χ1) is 10.8. The van der Waals surface area contributed by atoms with Crippen LogP contribution < -0.4 is 0 Å². The average Bonchev–Trinajstić information content (AvgIpc) is 3.33. The predicted molar refractivity (Wildman–Crippen MR) is 95.4 cm³/mol. The molecule has 2 unspecified atom stereocenters. The van der Waals surface area contributed by atoms with Gasteiger partial charge < -0.3 is 9.47 Å². The minimum atomic E-state index is 0.425. The van der Waals surface area contributed by atoms with E-state index in [1.807, 2.05) is 0 Å². The Balaban J connectivity index is 1.68. The van der Waals surface area contributed by atoms with Crippen LogP contribution in [-0.2, 0) is 9.47 Å². The SMILES string of the molecule is CCCCCCC(C)CCCCCCCCCOCC1CO1. The molecule has 0 amide bonds. The Hall–Kier alpha value is -0.0800. The van der Waals surface area contributed by atoms with Crippen molar-refractivity contribution in [1.82, 2.24) is 0 Å². The summed E-state index contributed by atoms with van der Waals surface area (Å²) in [7, 11) is 0. The number of hydrogen-bond acceptors (Lipinski definition) is 2. The lowest BCUT2D eigenvalue weighted by atomic mass is 9.96. The van der Waals surface area contributed by atoms with E-state index in [9.17, 15) is 0 Å². The summed E-state index contributed by atoms with van der Waals surface area (Å²) in [4.78, 5) is 0. The second kappa shape index (κ2) is 14.5. The van der Waals surface area contributed by atoms with Crippen LogP contribution in [0.1, 0.15) is 97.3 Å². The van der Waals surface area contributed by atoms with Crippen LogP contribution in [0.3, 0.4) is 0 Å². The summed E-state index contributed by atoms with van der Waals surface area (Å²) in [6.45, 7) is 7.39. The van der Waals surface area contributed by atoms with Gasteiger partial charge in [-0.3, -0.25) is 0 Å². The number of ether oxygens (including phenoxy) is 2. The van der Waals surface area contributed by atoms with E-state index in [1.165, 1.54) is 83.5 Å². The first-order valence-electron chi connectivity index (χ1n) is 10.0. The summed E-state index contributed by atoms with van der Waals surface area (Å²) in [5, 5.41) is 0. The molecular formula is C20H40O2. The Kier molecular flexibility index (Phi) is 13.2. The van der Waals surface area contributed by atoms with Gasteiger partial charge in [0.15, 0.2) is 0 Å². The predicted octanol–water partition coefficient (Wildman–Crippen LogP) is 6.13. The van der Waals surface area contributed by atoms with Gasteiger partial charge in [-0.1, -0.05) is 90.9 Å². The van der Waals surface area contributed by atoms with Crippen LogP contribution in [0.15, 0.2) is 0 Å². The third-order valence-corrected chi connectivity index (χ3v) is 4.74. The van der Waals surface area contributed by atoms with Crippen molar-refractivity contribution >= 4 is 0 Å². The Morgan fingerprint density at radius 3 is 2.00 bits per heavy atom. The minimum Gasteiger partial charge on any atom is -0.379 e. The van der Waals surface area contributed by atoms with Crippen LogP contribution in [0.5, 0.6) is 0 Å². The fraction of sp³-hybridized carbons (Fsp3) is 1.00. The Morgan fingerprint density at radius 1 is 0.864 bits per heavy atom. The molecular weight excluding hydrogens is 272 g/mol. The van der Waals surface area contributed by atoms with Crippen LogP contribution in [0.4, 0.5) is 0 Å². The summed E-state index contributed by atoms with van der Waals surface area (Å²) in [5.74, 6) is 0.949. The molecule has 1 heterocycles. The first kappa shape index (κ1) is 20.0. The molecule has 0 bridgehead atoms. The van der Waals surface area contributed by atoms with Gasteiger partial charge in [-0.15, -0.1) is 0 Å². The largest absolute Gasteiger partial charge is 0.379 e. The van der Waals surface area contributed by atoms with E-state index in [1.54, 1.807) is 0 Å². The lowest BCUT2D eigenvalue weighted by Gasteiger charge is -2.10. The third kappa shape index (κ3) is 13.6. The maximum absolute atomic E-state index is 5.55. The van der Waals surface area contributed by atoms with Crippen LogP contribution in [-0.4, -0.2) is 25.9 Å². The van der Waals surface area contributed by atoms with Crippen molar-refractivity contribution in [2.75, 3.05) is 19.8 Å². The third-order valence-electron chi connectivity index (χ3n) is 4.74. The smallest absolute Gasteiger partial charge is 0.104 e. The highest BCUT2D eigenvalue weighted by Crippen LogP contribution is 2.18. The molecule has 1 aliphatic heterocycles. The van der Waals surface area contributed by atoms with E-state index in [-0.39, 0.29) is 0 Å². The monoisotopic (exact) mass is 312 g/mol. The van der Waals surface area contributed by atoms with Gasteiger partial charge in [0, 0.05) is 6.61 Å². The molecule has 0 radical (unpaired) electrons. The number of unbranched alkanes of at least 4 members (excludes halogenated alkanes) is 9. The van der Waals surface area contributed by atoms with Crippen molar-refractivity contribution in [2.24, 2.45) is 5.92 Å². The molecule has 0 N–H and O–H groups in total. The van der Waals surface area contributed by atoms with Gasteiger partial charge in [0.05, 0.1) is 13.2 Å². The zero-order valence-corrected chi connectivity index (χ0v) is 15.3. The van der Waals surface area contributed by atoms with Crippen molar-refractivity contribution in [1.29, 1.82) is 0 Å². The Morgan fingerprint density at radius 2 is 1.41 bits per heavy atom. The molecule has 1 fully saturated rings. The molecule has 0 spiro atoms. The summed E-state index contributed by atoms with van der Waals surface area (Å²) >= 11 is 0. The lowest BCUT2D eigenvalue weighted by molar-refractivity contribution is 0.113. The van der Waals surface area contributed by atoms with E-state index in [2.05, 4.69) is 13.8 Å². The molecule has 1 rings (SSSR count). The molecule has 0 aliphatic carbocycles. The van der Waals surface area contributed by atoms with Gasteiger partial charge in [-0.05, 0) is 12.3 Å². The van der Waals surface area contributed by atoms with E-state index in [0.29, 0.717) is 6.10 Å². The topological polar surface area (TPSA) is 21.8 Å². The molecule has 0 aromatic rings. The van der Waals surface area contributed by atoms with E-state index < -0.39 is 0 Å². The molecule has 2 heteroatoms. The van der Waals surface area contributed by atoms with Crippen molar-refractivity contribution in [2.45, 2.75) is 103 Å². The van der Waals surface area contributed by atoms with Crippen molar-refractivity contribution in [3.05, 3.63) is 0 Å². The number of rotatable bonds is 17. The summed E-state index contributed by atoms with van der Waals surface area (Å²) < 4.78 is 10.7. The normalized spacial score (nSPS) is 18.5. The van der Waals surface area contributed by atoms with E-state index >= 15 is 0 Å². The van der Waals surface area contributed by atoms with Crippen LogP contribution >= 0.6 is 0 Å². The van der Waals surface area contributed by atoms with Gasteiger partial charge in [-0.2, -0.15) is 0 Å². The molecule has 132 valence electrons. The zero-order chi connectivity index (χ0) is 15.9. The summed E-state index contributed by atoms with van der Waals surface area (Å²) in [5.41, 5.74) is 0. The van der Waals surface area contributed by atoms with Gasteiger partial charge in [0.25, 0.3) is 0 Å². The van der Waals surface area contributed by atoms with Crippen LogP contribution in [0.2, 0.25) is 0 Å². The highest BCUT2D eigenvalue weighted by Gasteiger charge is 2.21. The first-order valence-corrected chi connectivity index (χ1v) is 10.0. The molecule has 0 saturated carbocycles. The molecule has 2 atom stereocenters. The Bertz CT molecular complexity index is 226. The van der Waals surface area contributed by atoms with Gasteiger partial charge >= 0.3 is 0 Å². The van der Waals surface area contributed by atoms with Gasteiger partial charge in [0.2, 0.25) is 0 Å². The minimum absolute atomic E-state index is 0.425. The molecule has 0 aromatic carbocycles. The second-order valence-corrected chi connectivity index (χ2v) is 7.25. The molecule has 2 nitrogen and oxygen atoms in total. The van der Waals surface area contributed by atoms with E-state index in [4.69, 9.17) is 9.47 Å². The van der Waals surface area contributed by atoms with Crippen molar-refractivity contribution < 1.29 is 9.47 Å². The van der Waals surface area contributed by atoms with Crippen molar-refractivity contribution in [3.63, 3.8) is 0 Å². The standard InChI is InChI=1S/C20H40O2/c1-3-4-5-11-14-19(2)15-12-9-7-6-8-10-13-16-21-17-20-18-22-20/h19-20H,3-18H2,1-2H3. The zero-order valence-electron chi connectivity index (χ0n) is 15.3. The molecule has 22 heavy (non-hydrogen) atoms. The fourth-order valence-corrected chi connectivity index (χ4v) is 3.02. The maximum Gasteiger partial charge on any atom is 0.104 e. The fourth-order valence-electron chi connectivity index (χ4n) is 3.02. The molecule has 1 aliphatic rings. The lowest BCUT2D eigenvalue weighted by Crippen LogP contribution is -2.02. The highest BCUT2D eigenvalue weighted by atomic mass is 16.6. The quantitative estimate of drug-likeness (QED) is 0.238. The molecule has 0 aromatic heterocycles.